The van der Waals surface area contributed by atoms with Gasteiger partial charge in [-0.05, 0) is 18.9 Å². The van der Waals surface area contributed by atoms with Gasteiger partial charge in [-0.15, -0.1) is 5.06 Å². The molecule has 0 aromatic heterocycles. The van der Waals surface area contributed by atoms with E-state index in [2.05, 4.69) is 6.07 Å². The molecule has 0 saturated carbocycles. The SMILES string of the molecule is Cc1ccc[c]c1ON1CCC1. The second kappa shape index (κ2) is 3.15. The van der Waals surface area contributed by atoms with E-state index in [0.717, 1.165) is 24.4 Å². The van der Waals surface area contributed by atoms with Crippen molar-refractivity contribution in [2.24, 2.45) is 0 Å². The van der Waals surface area contributed by atoms with E-state index in [9.17, 15) is 0 Å². The first-order valence-corrected chi connectivity index (χ1v) is 4.26. The van der Waals surface area contributed by atoms with Crippen LogP contribution in [0.5, 0.6) is 5.75 Å². The van der Waals surface area contributed by atoms with Crippen molar-refractivity contribution in [2.75, 3.05) is 13.1 Å². The minimum atomic E-state index is 0.859. The molecule has 2 nitrogen and oxygen atoms in total. The minimum absolute atomic E-state index is 0.859. The minimum Gasteiger partial charge on any atom is -0.405 e. The zero-order chi connectivity index (χ0) is 8.39. The van der Waals surface area contributed by atoms with E-state index in [-0.39, 0.29) is 0 Å². The summed E-state index contributed by atoms with van der Waals surface area (Å²) in [5, 5.41) is 1.96. The number of nitrogens with zero attached hydrogens (tertiary/aromatic N) is 1. The van der Waals surface area contributed by atoms with Gasteiger partial charge in [-0.1, -0.05) is 18.2 Å². The maximum absolute atomic E-state index is 5.56. The molecule has 0 aliphatic carbocycles. The van der Waals surface area contributed by atoms with E-state index < -0.39 is 0 Å². The molecular weight excluding hydrogens is 150 g/mol. The molecule has 0 amide bonds. The fraction of sp³-hybridized carbons (Fsp3) is 0.400. The molecule has 2 rings (SSSR count). The lowest BCUT2D eigenvalue weighted by Gasteiger charge is -2.30. The van der Waals surface area contributed by atoms with Crippen LogP contribution in [-0.4, -0.2) is 18.2 Å². The lowest BCUT2D eigenvalue weighted by molar-refractivity contribution is -0.107. The lowest BCUT2D eigenvalue weighted by atomic mass is 10.2. The van der Waals surface area contributed by atoms with Crippen LogP contribution in [0, 0.1) is 13.0 Å². The van der Waals surface area contributed by atoms with E-state index in [1.54, 1.807) is 0 Å². The van der Waals surface area contributed by atoms with Crippen molar-refractivity contribution in [3.63, 3.8) is 0 Å². The molecule has 1 heterocycles. The van der Waals surface area contributed by atoms with Crippen molar-refractivity contribution in [1.82, 2.24) is 5.06 Å². The van der Waals surface area contributed by atoms with Gasteiger partial charge in [0.15, 0.2) is 5.75 Å². The average Bonchev–Trinajstić information content (AvgIpc) is 2.00. The molecule has 1 aromatic rings. The van der Waals surface area contributed by atoms with Gasteiger partial charge in [-0.25, -0.2) is 0 Å². The standard InChI is InChI=1S/C10H12NO/c1-9-5-2-3-6-10(9)12-11-7-4-8-11/h2-3,5H,4,7-8H2,1H3. The second-order valence-corrected chi connectivity index (χ2v) is 3.06. The number of rotatable bonds is 2. The topological polar surface area (TPSA) is 12.5 Å². The Kier molecular flexibility index (Phi) is 2.00. The van der Waals surface area contributed by atoms with Crippen molar-refractivity contribution < 1.29 is 4.84 Å². The Morgan fingerprint density at radius 3 is 2.92 bits per heavy atom. The van der Waals surface area contributed by atoms with Gasteiger partial charge in [0, 0.05) is 19.2 Å². The Labute approximate surface area is 72.7 Å². The molecule has 12 heavy (non-hydrogen) atoms. The van der Waals surface area contributed by atoms with Gasteiger partial charge >= 0.3 is 0 Å². The zero-order valence-electron chi connectivity index (χ0n) is 7.21. The molecule has 0 N–H and O–H groups in total. The predicted molar refractivity (Wildman–Crippen MR) is 46.8 cm³/mol. The summed E-state index contributed by atoms with van der Waals surface area (Å²) in [5.74, 6) is 0.859. The maximum atomic E-state index is 5.56. The van der Waals surface area contributed by atoms with Crippen LogP contribution in [0.2, 0.25) is 0 Å². The maximum Gasteiger partial charge on any atom is 0.158 e. The zero-order valence-corrected chi connectivity index (χ0v) is 7.21. The monoisotopic (exact) mass is 162 g/mol. The molecule has 1 radical (unpaired) electrons. The Hall–Kier alpha value is -1.02. The van der Waals surface area contributed by atoms with Crippen LogP contribution in [0.1, 0.15) is 12.0 Å². The Morgan fingerprint density at radius 1 is 1.50 bits per heavy atom. The van der Waals surface area contributed by atoms with Crippen LogP contribution in [0.3, 0.4) is 0 Å². The third kappa shape index (κ3) is 1.43. The van der Waals surface area contributed by atoms with Crippen LogP contribution in [0.15, 0.2) is 18.2 Å². The smallest absolute Gasteiger partial charge is 0.158 e. The summed E-state index contributed by atoms with van der Waals surface area (Å²) < 4.78 is 0. The molecule has 1 fully saturated rings. The molecule has 1 aromatic carbocycles. The highest BCUT2D eigenvalue weighted by atomic mass is 16.7. The summed E-state index contributed by atoms with van der Waals surface area (Å²) in [5.41, 5.74) is 1.14. The molecule has 0 bridgehead atoms. The lowest BCUT2D eigenvalue weighted by Crippen LogP contribution is -2.39. The molecule has 2 heteroatoms. The van der Waals surface area contributed by atoms with Gasteiger partial charge < -0.3 is 4.84 Å². The van der Waals surface area contributed by atoms with Crippen molar-refractivity contribution in [2.45, 2.75) is 13.3 Å². The van der Waals surface area contributed by atoms with Crippen molar-refractivity contribution >= 4 is 0 Å². The summed E-state index contributed by atoms with van der Waals surface area (Å²) >= 11 is 0. The van der Waals surface area contributed by atoms with E-state index in [0.29, 0.717) is 0 Å². The van der Waals surface area contributed by atoms with Gasteiger partial charge in [-0.3, -0.25) is 0 Å². The highest BCUT2D eigenvalue weighted by Gasteiger charge is 2.15. The molecule has 1 aliphatic rings. The fourth-order valence-electron chi connectivity index (χ4n) is 1.11. The van der Waals surface area contributed by atoms with E-state index in [1.165, 1.54) is 6.42 Å². The predicted octanol–water partition coefficient (Wildman–Crippen LogP) is 1.79. The van der Waals surface area contributed by atoms with Crippen molar-refractivity contribution in [3.05, 3.63) is 29.8 Å². The van der Waals surface area contributed by atoms with Crippen LogP contribution >= 0.6 is 0 Å². The average molecular weight is 162 g/mol. The Balaban J connectivity index is 2.06. The van der Waals surface area contributed by atoms with E-state index in [4.69, 9.17) is 4.84 Å². The van der Waals surface area contributed by atoms with E-state index >= 15 is 0 Å². The molecule has 1 saturated heterocycles. The summed E-state index contributed by atoms with van der Waals surface area (Å²) in [7, 11) is 0. The molecule has 0 spiro atoms. The molecule has 0 atom stereocenters. The van der Waals surface area contributed by atoms with Crippen LogP contribution in [0.4, 0.5) is 0 Å². The van der Waals surface area contributed by atoms with Gasteiger partial charge in [0.25, 0.3) is 0 Å². The van der Waals surface area contributed by atoms with Gasteiger partial charge in [0.1, 0.15) is 0 Å². The third-order valence-electron chi connectivity index (χ3n) is 2.05. The summed E-state index contributed by atoms with van der Waals surface area (Å²) in [6.45, 7) is 4.12. The molecule has 63 valence electrons. The van der Waals surface area contributed by atoms with Crippen molar-refractivity contribution in [3.8, 4) is 5.75 Å². The highest BCUT2D eigenvalue weighted by Crippen LogP contribution is 2.19. The summed E-state index contributed by atoms with van der Waals surface area (Å²) in [6, 6.07) is 8.95. The summed E-state index contributed by atoms with van der Waals surface area (Å²) in [4.78, 5) is 5.56. The van der Waals surface area contributed by atoms with E-state index in [1.807, 2.05) is 30.2 Å². The van der Waals surface area contributed by atoms with Crippen LogP contribution < -0.4 is 4.84 Å². The first kappa shape index (κ1) is 7.62. The first-order valence-electron chi connectivity index (χ1n) is 4.26. The first-order chi connectivity index (χ1) is 5.86. The number of hydrogen-bond acceptors (Lipinski definition) is 2. The van der Waals surface area contributed by atoms with Gasteiger partial charge in [0.05, 0.1) is 0 Å². The van der Waals surface area contributed by atoms with Crippen LogP contribution in [0.25, 0.3) is 0 Å². The number of aryl methyl sites for hydroxylation is 1. The second-order valence-electron chi connectivity index (χ2n) is 3.06. The third-order valence-corrected chi connectivity index (χ3v) is 2.05. The molecular formula is C10H12NO. The number of benzene rings is 1. The fourth-order valence-corrected chi connectivity index (χ4v) is 1.11. The largest absolute Gasteiger partial charge is 0.405 e. The van der Waals surface area contributed by atoms with Crippen LogP contribution in [-0.2, 0) is 0 Å². The summed E-state index contributed by atoms with van der Waals surface area (Å²) in [6.07, 6.45) is 1.24. The Morgan fingerprint density at radius 2 is 2.33 bits per heavy atom. The molecule has 1 aliphatic heterocycles. The van der Waals surface area contributed by atoms with Gasteiger partial charge in [-0.2, -0.15) is 0 Å². The number of hydrogen-bond donors (Lipinski definition) is 0. The molecule has 0 unspecified atom stereocenters. The highest BCUT2D eigenvalue weighted by molar-refractivity contribution is 5.30. The number of hydroxylamine groups is 2. The normalized spacial score (nSPS) is 17.1. The van der Waals surface area contributed by atoms with Gasteiger partial charge in [0.2, 0.25) is 0 Å². The van der Waals surface area contributed by atoms with Crippen molar-refractivity contribution in [1.29, 1.82) is 0 Å². The quantitative estimate of drug-likeness (QED) is 0.657. The number of para-hydroxylation sites is 1. The Bertz CT molecular complexity index is 268.